The molecule has 0 saturated heterocycles. The molecule has 1 aromatic carbocycles. The molecule has 116 valence electrons. The zero-order chi connectivity index (χ0) is 16.1. The minimum Gasteiger partial charge on any atom is -0.325 e. The van der Waals surface area contributed by atoms with Crippen LogP contribution in [0.3, 0.4) is 0 Å². The highest BCUT2D eigenvalue weighted by molar-refractivity contribution is 7.99. The Bertz CT molecular complexity index is 664. The van der Waals surface area contributed by atoms with Gasteiger partial charge in [0.15, 0.2) is 5.78 Å². The van der Waals surface area contributed by atoms with Crippen LogP contribution in [0.4, 0.5) is 5.69 Å². The van der Waals surface area contributed by atoms with Gasteiger partial charge in [0.1, 0.15) is 5.82 Å². The summed E-state index contributed by atoms with van der Waals surface area (Å²) in [4.78, 5) is 27.4. The summed E-state index contributed by atoms with van der Waals surface area (Å²) >= 11 is 1.27. The van der Waals surface area contributed by atoms with E-state index in [0.29, 0.717) is 16.4 Å². The fraction of sp³-hybridized carbons (Fsp3) is 0.333. The quantitative estimate of drug-likeness (QED) is 0.631. The molecule has 1 amide bonds. The third-order valence-electron chi connectivity index (χ3n) is 2.94. The standard InChI is InChI=1S/C15H18N4O2S/c1-9(2)14-17-15(19-18-14)22-8-13(21)16-12-6-4-11(5-7-12)10(3)20/h4-7,9H,8H2,1-3H3,(H,16,21)(H,17,18,19). The fourth-order valence-corrected chi connectivity index (χ4v) is 2.30. The monoisotopic (exact) mass is 318 g/mol. The normalized spacial score (nSPS) is 10.7. The number of ketones is 1. The number of anilines is 1. The van der Waals surface area contributed by atoms with Gasteiger partial charge in [-0.2, -0.15) is 0 Å². The first-order chi connectivity index (χ1) is 10.5. The molecule has 1 heterocycles. The smallest absolute Gasteiger partial charge is 0.234 e. The van der Waals surface area contributed by atoms with Gasteiger partial charge in [-0.3, -0.25) is 14.7 Å². The molecule has 22 heavy (non-hydrogen) atoms. The predicted molar refractivity (Wildman–Crippen MR) is 86.3 cm³/mol. The van der Waals surface area contributed by atoms with Crippen LogP contribution < -0.4 is 5.32 Å². The van der Waals surface area contributed by atoms with Crippen LogP contribution in [0.2, 0.25) is 0 Å². The summed E-state index contributed by atoms with van der Waals surface area (Å²) in [6.45, 7) is 5.55. The Morgan fingerprint density at radius 2 is 1.95 bits per heavy atom. The first-order valence-electron chi connectivity index (χ1n) is 6.91. The van der Waals surface area contributed by atoms with E-state index in [1.54, 1.807) is 24.3 Å². The second-order valence-electron chi connectivity index (χ2n) is 5.13. The number of benzene rings is 1. The van der Waals surface area contributed by atoms with E-state index in [4.69, 9.17) is 0 Å². The van der Waals surface area contributed by atoms with Crippen LogP contribution in [-0.2, 0) is 4.79 Å². The summed E-state index contributed by atoms with van der Waals surface area (Å²) in [6, 6.07) is 6.80. The van der Waals surface area contributed by atoms with Crippen LogP contribution in [0, 0.1) is 0 Å². The van der Waals surface area contributed by atoms with Gasteiger partial charge in [0.05, 0.1) is 5.75 Å². The van der Waals surface area contributed by atoms with E-state index in [2.05, 4.69) is 20.5 Å². The van der Waals surface area contributed by atoms with Crippen molar-refractivity contribution in [3.05, 3.63) is 35.7 Å². The fourth-order valence-electron chi connectivity index (χ4n) is 1.70. The van der Waals surface area contributed by atoms with Crippen molar-refractivity contribution in [2.45, 2.75) is 31.8 Å². The number of carbonyl (C=O) groups excluding carboxylic acids is 2. The van der Waals surface area contributed by atoms with Crippen molar-refractivity contribution in [1.29, 1.82) is 0 Å². The van der Waals surface area contributed by atoms with Crippen molar-refractivity contribution < 1.29 is 9.59 Å². The Morgan fingerprint density at radius 3 is 2.50 bits per heavy atom. The van der Waals surface area contributed by atoms with Crippen LogP contribution in [0.25, 0.3) is 0 Å². The lowest BCUT2D eigenvalue weighted by Crippen LogP contribution is -2.14. The maximum absolute atomic E-state index is 11.9. The molecule has 0 aliphatic heterocycles. The van der Waals surface area contributed by atoms with E-state index < -0.39 is 0 Å². The van der Waals surface area contributed by atoms with Crippen molar-refractivity contribution in [2.75, 3.05) is 11.1 Å². The third-order valence-corrected chi connectivity index (χ3v) is 3.78. The second kappa shape index (κ2) is 7.22. The SMILES string of the molecule is CC(=O)c1ccc(NC(=O)CSc2n[nH]c(C(C)C)n2)cc1. The number of hydrogen-bond acceptors (Lipinski definition) is 5. The van der Waals surface area contributed by atoms with E-state index in [-0.39, 0.29) is 23.4 Å². The molecule has 0 saturated carbocycles. The molecular formula is C15H18N4O2S. The maximum Gasteiger partial charge on any atom is 0.234 e. The van der Waals surface area contributed by atoms with E-state index in [0.717, 1.165) is 5.82 Å². The van der Waals surface area contributed by atoms with E-state index in [9.17, 15) is 9.59 Å². The summed E-state index contributed by atoms with van der Waals surface area (Å²) in [5, 5.41) is 10.2. The summed E-state index contributed by atoms with van der Waals surface area (Å²) in [7, 11) is 0. The Kier molecular flexibility index (Phi) is 5.32. The largest absolute Gasteiger partial charge is 0.325 e. The molecule has 2 rings (SSSR count). The number of aromatic amines is 1. The lowest BCUT2D eigenvalue weighted by Gasteiger charge is -2.04. The number of Topliss-reactive ketones (excluding diaryl/α,β-unsaturated/α-hetero) is 1. The molecule has 0 unspecified atom stereocenters. The predicted octanol–water partition coefficient (Wildman–Crippen LogP) is 2.86. The van der Waals surface area contributed by atoms with E-state index in [1.807, 2.05) is 13.8 Å². The third kappa shape index (κ3) is 4.42. The Hall–Kier alpha value is -2.15. The van der Waals surface area contributed by atoms with Gasteiger partial charge >= 0.3 is 0 Å². The van der Waals surface area contributed by atoms with Gasteiger partial charge in [-0.25, -0.2) is 4.98 Å². The minimum atomic E-state index is -0.142. The van der Waals surface area contributed by atoms with E-state index in [1.165, 1.54) is 18.7 Å². The first kappa shape index (κ1) is 16.2. The van der Waals surface area contributed by atoms with Crippen molar-refractivity contribution >= 4 is 29.1 Å². The van der Waals surface area contributed by atoms with Crippen LogP contribution in [0.15, 0.2) is 29.4 Å². The Labute approximate surface area is 133 Å². The highest BCUT2D eigenvalue weighted by Crippen LogP contribution is 2.17. The number of aromatic nitrogens is 3. The number of H-pyrrole nitrogens is 1. The van der Waals surface area contributed by atoms with Crippen molar-refractivity contribution in [1.82, 2.24) is 15.2 Å². The number of thioether (sulfide) groups is 1. The van der Waals surface area contributed by atoms with Crippen LogP contribution in [0.5, 0.6) is 0 Å². The molecule has 0 fully saturated rings. The van der Waals surface area contributed by atoms with Crippen LogP contribution in [0.1, 0.15) is 42.9 Å². The van der Waals surface area contributed by atoms with Gasteiger partial charge in [0.2, 0.25) is 11.1 Å². The Morgan fingerprint density at radius 1 is 1.27 bits per heavy atom. The summed E-state index contributed by atoms with van der Waals surface area (Å²) in [5.41, 5.74) is 1.28. The van der Waals surface area contributed by atoms with Gasteiger partial charge in [0.25, 0.3) is 0 Å². The molecule has 0 aliphatic rings. The average Bonchev–Trinajstić information content (AvgIpc) is 2.95. The highest BCUT2D eigenvalue weighted by Gasteiger charge is 2.10. The molecule has 0 atom stereocenters. The molecule has 0 spiro atoms. The van der Waals surface area contributed by atoms with Crippen LogP contribution >= 0.6 is 11.8 Å². The number of nitrogens with zero attached hydrogens (tertiary/aromatic N) is 2. The topological polar surface area (TPSA) is 87.7 Å². The van der Waals surface area contributed by atoms with Crippen molar-refractivity contribution in [3.8, 4) is 0 Å². The summed E-state index contributed by atoms with van der Waals surface area (Å²) in [5.74, 6) is 1.16. The lowest BCUT2D eigenvalue weighted by atomic mass is 10.1. The average molecular weight is 318 g/mol. The summed E-state index contributed by atoms with van der Waals surface area (Å²) in [6.07, 6.45) is 0. The zero-order valence-electron chi connectivity index (χ0n) is 12.7. The highest BCUT2D eigenvalue weighted by atomic mass is 32.2. The lowest BCUT2D eigenvalue weighted by molar-refractivity contribution is -0.113. The van der Waals surface area contributed by atoms with Gasteiger partial charge < -0.3 is 5.32 Å². The van der Waals surface area contributed by atoms with Gasteiger partial charge in [-0.05, 0) is 31.2 Å². The number of nitrogens with one attached hydrogen (secondary N) is 2. The first-order valence-corrected chi connectivity index (χ1v) is 7.90. The molecule has 0 aliphatic carbocycles. The Balaban J connectivity index is 1.85. The van der Waals surface area contributed by atoms with Crippen LogP contribution in [-0.4, -0.2) is 32.6 Å². The maximum atomic E-state index is 11.9. The molecule has 0 radical (unpaired) electrons. The van der Waals surface area contributed by atoms with Gasteiger partial charge in [0, 0.05) is 17.2 Å². The number of amides is 1. The van der Waals surface area contributed by atoms with Gasteiger partial charge in [-0.1, -0.05) is 25.6 Å². The van der Waals surface area contributed by atoms with Crippen molar-refractivity contribution in [3.63, 3.8) is 0 Å². The zero-order valence-corrected chi connectivity index (χ0v) is 13.5. The molecule has 0 bridgehead atoms. The minimum absolute atomic E-state index is 0.000930. The molecular weight excluding hydrogens is 300 g/mol. The molecule has 2 aromatic rings. The number of hydrogen-bond donors (Lipinski definition) is 2. The second-order valence-corrected chi connectivity index (χ2v) is 6.07. The number of carbonyl (C=O) groups is 2. The molecule has 7 heteroatoms. The summed E-state index contributed by atoms with van der Waals surface area (Å²) < 4.78 is 0. The van der Waals surface area contributed by atoms with Gasteiger partial charge in [-0.15, -0.1) is 5.10 Å². The number of rotatable bonds is 6. The molecule has 1 aromatic heterocycles. The molecule has 6 nitrogen and oxygen atoms in total. The van der Waals surface area contributed by atoms with E-state index >= 15 is 0 Å². The molecule has 2 N–H and O–H groups in total. The van der Waals surface area contributed by atoms with Crippen molar-refractivity contribution in [2.24, 2.45) is 0 Å².